The van der Waals surface area contributed by atoms with Gasteiger partial charge in [-0.2, -0.15) is 0 Å². The normalized spacial score (nSPS) is 9.81. The number of thiazole rings is 1. The number of aromatic nitrogens is 1. The minimum Gasteiger partial charge on any atom is -0.375 e. The van der Waals surface area contributed by atoms with Crippen molar-refractivity contribution < 1.29 is 4.79 Å². The second kappa shape index (κ2) is 5.52. The lowest BCUT2D eigenvalue weighted by atomic mass is 10.3. The summed E-state index contributed by atoms with van der Waals surface area (Å²) < 4.78 is 0. The first kappa shape index (κ1) is 12.5. The lowest BCUT2D eigenvalue weighted by molar-refractivity contribution is 0.0781. The van der Waals surface area contributed by atoms with E-state index in [1.807, 2.05) is 6.92 Å². The molecule has 1 amide bonds. The Morgan fingerprint density at radius 3 is 2.81 bits per heavy atom. The molecule has 86 valence electrons. The smallest absolute Gasteiger partial charge is 0.266 e. The van der Waals surface area contributed by atoms with Crippen molar-refractivity contribution in [1.29, 1.82) is 0 Å². The van der Waals surface area contributed by atoms with Crippen LogP contribution >= 0.6 is 11.3 Å². The topological polar surface area (TPSA) is 59.2 Å². The molecule has 0 atom stereocenters. The zero-order valence-corrected chi connectivity index (χ0v) is 10.3. The highest BCUT2D eigenvalue weighted by atomic mass is 32.1. The number of rotatable bonds is 4. The van der Waals surface area contributed by atoms with E-state index in [9.17, 15) is 4.79 Å². The van der Waals surface area contributed by atoms with Crippen LogP contribution in [0.15, 0.2) is 0 Å². The van der Waals surface area contributed by atoms with Gasteiger partial charge in [0.15, 0.2) is 5.13 Å². The van der Waals surface area contributed by atoms with E-state index in [0.29, 0.717) is 28.8 Å². The fourth-order valence-electron chi connectivity index (χ4n) is 1.39. The molecule has 4 nitrogen and oxygen atoms in total. The summed E-state index contributed by atoms with van der Waals surface area (Å²) in [5.41, 5.74) is 6.23. The van der Waals surface area contributed by atoms with Crippen LogP contribution < -0.4 is 5.73 Å². The molecule has 0 bridgehead atoms. The number of terminal acetylenes is 1. The number of carbonyl (C=O) groups excluding carboxylic acids is 1. The average Bonchev–Trinajstić information content (AvgIpc) is 2.56. The highest BCUT2D eigenvalue weighted by Crippen LogP contribution is 2.21. The summed E-state index contributed by atoms with van der Waals surface area (Å²) in [7, 11) is 0. The van der Waals surface area contributed by atoms with Crippen LogP contribution in [-0.2, 0) is 0 Å². The Labute approximate surface area is 99.5 Å². The molecule has 0 aliphatic heterocycles. The van der Waals surface area contributed by atoms with Gasteiger partial charge in [0.05, 0.1) is 12.2 Å². The Kier molecular flexibility index (Phi) is 4.32. The molecule has 0 spiro atoms. The molecule has 5 heteroatoms. The van der Waals surface area contributed by atoms with Gasteiger partial charge >= 0.3 is 0 Å². The van der Waals surface area contributed by atoms with Crippen LogP contribution in [0.5, 0.6) is 0 Å². The van der Waals surface area contributed by atoms with Gasteiger partial charge in [0.25, 0.3) is 5.91 Å². The van der Waals surface area contributed by atoms with Gasteiger partial charge in [0.2, 0.25) is 0 Å². The van der Waals surface area contributed by atoms with Gasteiger partial charge in [-0.3, -0.25) is 4.79 Å². The minimum absolute atomic E-state index is 0.0773. The van der Waals surface area contributed by atoms with Crippen LogP contribution in [0.25, 0.3) is 0 Å². The number of hydrogen-bond acceptors (Lipinski definition) is 4. The average molecular weight is 237 g/mol. The Balaban J connectivity index is 2.90. The van der Waals surface area contributed by atoms with Crippen molar-refractivity contribution in [2.24, 2.45) is 0 Å². The van der Waals surface area contributed by atoms with Gasteiger partial charge in [0, 0.05) is 6.54 Å². The molecule has 1 heterocycles. The van der Waals surface area contributed by atoms with Gasteiger partial charge in [0.1, 0.15) is 4.88 Å². The monoisotopic (exact) mass is 237 g/mol. The molecule has 1 aromatic rings. The second-order valence-electron chi connectivity index (χ2n) is 3.40. The Morgan fingerprint density at radius 1 is 1.69 bits per heavy atom. The van der Waals surface area contributed by atoms with E-state index in [1.165, 1.54) is 11.3 Å². The van der Waals surface area contributed by atoms with E-state index in [1.54, 1.807) is 11.8 Å². The van der Waals surface area contributed by atoms with E-state index in [-0.39, 0.29) is 5.91 Å². The molecule has 0 unspecified atom stereocenters. The van der Waals surface area contributed by atoms with Gasteiger partial charge in [-0.25, -0.2) is 4.98 Å². The standard InChI is InChI=1S/C11H15N3OS/c1-4-6-14(7-5-2)10(15)9-8(3)13-11(12)16-9/h1H,5-7H2,2-3H3,(H2,12,13). The maximum Gasteiger partial charge on any atom is 0.266 e. The summed E-state index contributed by atoms with van der Waals surface area (Å²) in [5, 5.41) is 0.415. The van der Waals surface area contributed by atoms with E-state index in [4.69, 9.17) is 12.2 Å². The van der Waals surface area contributed by atoms with Crippen molar-refractivity contribution in [1.82, 2.24) is 9.88 Å². The Hall–Kier alpha value is -1.54. The molecular weight excluding hydrogens is 222 g/mol. The predicted octanol–water partition coefficient (Wildman–Crippen LogP) is 1.52. The van der Waals surface area contributed by atoms with Crippen molar-refractivity contribution >= 4 is 22.4 Å². The van der Waals surface area contributed by atoms with Crippen molar-refractivity contribution in [3.05, 3.63) is 10.6 Å². The molecule has 0 aliphatic rings. The molecule has 0 radical (unpaired) electrons. The van der Waals surface area contributed by atoms with E-state index in [0.717, 1.165) is 6.42 Å². The van der Waals surface area contributed by atoms with Gasteiger partial charge in [-0.05, 0) is 13.3 Å². The number of nitrogens with zero attached hydrogens (tertiary/aromatic N) is 2. The summed E-state index contributed by atoms with van der Waals surface area (Å²) in [5.74, 6) is 2.41. The van der Waals surface area contributed by atoms with Gasteiger partial charge in [-0.1, -0.05) is 24.2 Å². The first-order chi connectivity index (χ1) is 7.60. The summed E-state index contributed by atoms with van der Waals surface area (Å²) >= 11 is 1.21. The molecule has 0 saturated carbocycles. The molecule has 1 rings (SSSR count). The maximum absolute atomic E-state index is 12.1. The number of amides is 1. The SMILES string of the molecule is C#CCN(CCC)C(=O)c1sc(N)nc1C. The van der Waals surface area contributed by atoms with Crippen LogP contribution in [0.3, 0.4) is 0 Å². The largest absolute Gasteiger partial charge is 0.375 e. The van der Waals surface area contributed by atoms with Crippen LogP contribution in [0.4, 0.5) is 5.13 Å². The predicted molar refractivity (Wildman–Crippen MR) is 66.3 cm³/mol. The van der Waals surface area contributed by atoms with Crippen LogP contribution in [-0.4, -0.2) is 28.9 Å². The molecule has 0 saturated heterocycles. The lowest BCUT2D eigenvalue weighted by Crippen LogP contribution is -2.32. The van der Waals surface area contributed by atoms with E-state index in [2.05, 4.69) is 10.9 Å². The number of aryl methyl sites for hydroxylation is 1. The quantitative estimate of drug-likeness (QED) is 0.808. The first-order valence-electron chi connectivity index (χ1n) is 5.05. The molecule has 0 aliphatic carbocycles. The number of nitrogens with two attached hydrogens (primary N) is 1. The zero-order valence-electron chi connectivity index (χ0n) is 9.49. The Bertz CT molecular complexity index is 419. The minimum atomic E-state index is -0.0773. The van der Waals surface area contributed by atoms with Crippen molar-refractivity contribution in [3.8, 4) is 12.3 Å². The van der Waals surface area contributed by atoms with E-state index < -0.39 is 0 Å². The lowest BCUT2D eigenvalue weighted by Gasteiger charge is -2.18. The number of nitrogen functional groups attached to an aromatic ring is 1. The zero-order chi connectivity index (χ0) is 12.1. The molecule has 2 N–H and O–H groups in total. The third-order valence-electron chi connectivity index (χ3n) is 2.07. The summed E-state index contributed by atoms with van der Waals surface area (Å²) in [6.45, 7) is 4.76. The molecule has 1 aromatic heterocycles. The summed E-state index contributed by atoms with van der Waals surface area (Å²) in [4.78, 5) is 18.4. The van der Waals surface area contributed by atoms with Gasteiger partial charge in [-0.15, -0.1) is 6.42 Å². The fourth-order valence-corrected chi connectivity index (χ4v) is 2.19. The summed E-state index contributed by atoms with van der Waals surface area (Å²) in [6.07, 6.45) is 6.11. The van der Waals surface area contributed by atoms with Crippen molar-refractivity contribution in [2.45, 2.75) is 20.3 Å². The second-order valence-corrected chi connectivity index (χ2v) is 4.43. The fraction of sp³-hybridized carbons (Fsp3) is 0.455. The van der Waals surface area contributed by atoms with Crippen LogP contribution in [0.2, 0.25) is 0 Å². The first-order valence-corrected chi connectivity index (χ1v) is 5.87. The third kappa shape index (κ3) is 2.74. The maximum atomic E-state index is 12.1. The van der Waals surface area contributed by atoms with Crippen LogP contribution in [0, 0.1) is 19.3 Å². The highest BCUT2D eigenvalue weighted by molar-refractivity contribution is 7.17. The molecule has 0 fully saturated rings. The molecule has 0 aromatic carbocycles. The van der Waals surface area contributed by atoms with Crippen LogP contribution in [0.1, 0.15) is 28.7 Å². The number of hydrogen-bond donors (Lipinski definition) is 1. The van der Waals surface area contributed by atoms with E-state index >= 15 is 0 Å². The molecule has 16 heavy (non-hydrogen) atoms. The molecular formula is C11H15N3OS. The van der Waals surface area contributed by atoms with Crippen molar-refractivity contribution in [3.63, 3.8) is 0 Å². The van der Waals surface area contributed by atoms with Crippen molar-refractivity contribution in [2.75, 3.05) is 18.8 Å². The summed E-state index contributed by atoms with van der Waals surface area (Å²) in [6, 6.07) is 0. The van der Waals surface area contributed by atoms with Gasteiger partial charge < -0.3 is 10.6 Å². The highest BCUT2D eigenvalue weighted by Gasteiger charge is 2.19. The Morgan fingerprint density at radius 2 is 2.38 bits per heavy atom. The number of carbonyl (C=O) groups is 1. The third-order valence-corrected chi connectivity index (χ3v) is 3.04. The number of anilines is 1.